The zero-order valence-corrected chi connectivity index (χ0v) is 23.9. The highest BCUT2D eigenvalue weighted by molar-refractivity contribution is 7.89. The third kappa shape index (κ3) is 7.84. The van der Waals surface area contributed by atoms with E-state index < -0.39 is 40.7 Å². The Morgan fingerprint density at radius 2 is 1.73 bits per heavy atom. The number of benzene rings is 3. The minimum Gasteiger partial charge on any atom is -0.508 e. The van der Waals surface area contributed by atoms with Gasteiger partial charge in [0.25, 0.3) is 15.9 Å². The standard InChI is InChI=1S/C30H36N2O8S/c1-21-26(9-6-10-28(21)33)30(35)31-27(19-22-7-4-3-5-8-22)29(34)20-32(40-24-15-17-39-18-16-24)41(36,37)25-13-11-23(38-2)12-14-25/h3-14,24,27,29,33-34H,15-20H2,1-2H3,(H,31,35)/t27-,29+/m0/s1. The molecular formula is C30H36N2O8S. The number of sulfonamides is 1. The number of aromatic hydroxyl groups is 1. The van der Waals surface area contributed by atoms with E-state index in [1.165, 1.54) is 37.4 Å². The molecule has 0 spiro atoms. The van der Waals surface area contributed by atoms with Crippen molar-refractivity contribution >= 4 is 15.9 Å². The highest BCUT2D eigenvalue weighted by atomic mass is 32.2. The van der Waals surface area contributed by atoms with Crippen LogP contribution in [-0.2, 0) is 26.0 Å². The molecule has 1 heterocycles. The molecule has 41 heavy (non-hydrogen) atoms. The summed E-state index contributed by atoms with van der Waals surface area (Å²) >= 11 is 0. The van der Waals surface area contributed by atoms with Gasteiger partial charge in [0.1, 0.15) is 11.5 Å². The van der Waals surface area contributed by atoms with Gasteiger partial charge in [-0.1, -0.05) is 40.9 Å². The van der Waals surface area contributed by atoms with Crippen LogP contribution in [0, 0.1) is 6.92 Å². The van der Waals surface area contributed by atoms with Crippen LogP contribution in [0.4, 0.5) is 0 Å². The lowest BCUT2D eigenvalue weighted by Gasteiger charge is -2.32. The molecule has 220 valence electrons. The number of hydroxylamine groups is 1. The van der Waals surface area contributed by atoms with E-state index in [4.69, 9.17) is 14.3 Å². The van der Waals surface area contributed by atoms with Crippen molar-refractivity contribution < 1.29 is 37.7 Å². The summed E-state index contributed by atoms with van der Waals surface area (Å²) in [7, 11) is -2.72. The van der Waals surface area contributed by atoms with Crippen LogP contribution in [0.25, 0.3) is 0 Å². The van der Waals surface area contributed by atoms with Crippen LogP contribution in [0.1, 0.15) is 34.3 Å². The van der Waals surface area contributed by atoms with E-state index >= 15 is 0 Å². The Morgan fingerprint density at radius 3 is 2.39 bits per heavy atom. The van der Waals surface area contributed by atoms with Gasteiger partial charge in [0.15, 0.2) is 0 Å². The lowest BCUT2D eigenvalue weighted by Crippen LogP contribution is -2.51. The number of aliphatic hydroxyl groups is 1. The summed E-state index contributed by atoms with van der Waals surface area (Å²) in [5.74, 6) is -0.0403. The molecular weight excluding hydrogens is 548 g/mol. The molecule has 1 amide bonds. The fourth-order valence-corrected chi connectivity index (χ4v) is 5.86. The van der Waals surface area contributed by atoms with Gasteiger partial charge in [-0.2, -0.15) is 0 Å². The summed E-state index contributed by atoms with van der Waals surface area (Å²) in [5, 5.41) is 24.4. The zero-order valence-electron chi connectivity index (χ0n) is 23.1. The number of aliphatic hydroxyl groups excluding tert-OH is 1. The second-order valence-corrected chi connectivity index (χ2v) is 11.7. The van der Waals surface area contributed by atoms with Crippen LogP contribution in [0.5, 0.6) is 11.5 Å². The topological polar surface area (TPSA) is 135 Å². The van der Waals surface area contributed by atoms with Crippen molar-refractivity contribution in [1.82, 2.24) is 9.79 Å². The minimum absolute atomic E-state index is 0.0283. The van der Waals surface area contributed by atoms with E-state index in [9.17, 15) is 23.4 Å². The van der Waals surface area contributed by atoms with Crippen molar-refractivity contribution in [3.8, 4) is 11.5 Å². The lowest BCUT2D eigenvalue weighted by molar-refractivity contribution is -0.170. The predicted molar refractivity (Wildman–Crippen MR) is 152 cm³/mol. The Morgan fingerprint density at radius 1 is 1.05 bits per heavy atom. The third-order valence-corrected chi connectivity index (χ3v) is 8.66. The van der Waals surface area contributed by atoms with Crippen LogP contribution in [-0.4, -0.2) is 74.1 Å². The van der Waals surface area contributed by atoms with Crippen molar-refractivity contribution in [2.45, 2.75) is 49.3 Å². The quantitative estimate of drug-likeness (QED) is 0.276. The smallest absolute Gasteiger partial charge is 0.265 e. The second kappa shape index (κ2) is 13.9. The van der Waals surface area contributed by atoms with Crippen LogP contribution < -0.4 is 10.1 Å². The number of phenolic OH excluding ortho intramolecular Hbond substituents is 1. The monoisotopic (exact) mass is 584 g/mol. The van der Waals surface area contributed by atoms with Crippen molar-refractivity contribution in [2.24, 2.45) is 0 Å². The molecule has 4 rings (SSSR count). The van der Waals surface area contributed by atoms with E-state index in [-0.39, 0.29) is 22.6 Å². The summed E-state index contributed by atoms with van der Waals surface area (Å²) in [6, 6.07) is 18.9. The summed E-state index contributed by atoms with van der Waals surface area (Å²) in [6.07, 6.45) is -0.581. The fraction of sp³-hybridized carbons (Fsp3) is 0.367. The Balaban J connectivity index is 1.62. The van der Waals surface area contributed by atoms with Gasteiger partial charge >= 0.3 is 0 Å². The number of ether oxygens (including phenoxy) is 2. The number of methoxy groups -OCH3 is 1. The molecule has 11 heteroatoms. The maximum atomic E-state index is 13.8. The maximum Gasteiger partial charge on any atom is 0.265 e. The van der Waals surface area contributed by atoms with Gasteiger partial charge in [0.05, 0.1) is 36.8 Å². The molecule has 0 unspecified atom stereocenters. The molecule has 0 aliphatic carbocycles. The van der Waals surface area contributed by atoms with Crippen molar-refractivity contribution in [2.75, 3.05) is 26.9 Å². The van der Waals surface area contributed by atoms with Crippen molar-refractivity contribution in [3.05, 3.63) is 89.5 Å². The van der Waals surface area contributed by atoms with Crippen LogP contribution in [0.3, 0.4) is 0 Å². The third-order valence-electron chi connectivity index (χ3n) is 7.03. The number of nitrogens with one attached hydrogen (secondary N) is 1. The molecule has 0 aromatic heterocycles. The molecule has 0 bridgehead atoms. The first-order valence-corrected chi connectivity index (χ1v) is 14.9. The van der Waals surface area contributed by atoms with E-state index in [1.54, 1.807) is 19.1 Å². The van der Waals surface area contributed by atoms with Gasteiger partial charge in [-0.25, -0.2) is 8.42 Å². The molecule has 1 aliphatic rings. The zero-order chi connectivity index (χ0) is 29.4. The Hall–Kier alpha value is -3.48. The normalized spacial score (nSPS) is 15.8. The second-order valence-electron chi connectivity index (χ2n) is 9.87. The molecule has 1 fully saturated rings. The van der Waals surface area contributed by atoms with Gasteiger partial charge in [-0.3, -0.25) is 9.63 Å². The molecule has 3 N–H and O–H groups in total. The van der Waals surface area contributed by atoms with Gasteiger partial charge in [-0.05, 0) is 68.1 Å². The van der Waals surface area contributed by atoms with Crippen LogP contribution in [0.2, 0.25) is 0 Å². The summed E-state index contributed by atoms with van der Waals surface area (Å²) in [6.45, 7) is 2.04. The number of carbonyl (C=O) groups is 1. The molecule has 0 radical (unpaired) electrons. The average molecular weight is 585 g/mol. The Kier molecular flexibility index (Phi) is 10.4. The van der Waals surface area contributed by atoms with E-state index in [1.807, 2.05) is 30.3 Å². The minimum atomic E-state index is -4.21. The SMILES string of the molecule is COc1ccc(S(=O)(=O)N(C[C@@H](O)[C@H](Cc2ccccc2)NC(=O)c2cccc(O)c2C)OC2CCOCC2)cc1. The van der Waals surface area contributed by atoms with Gasteiger partial charge < -0.3 is 25.0 Å². The first-order valence-electron chi connectivity index (χ1n) is 13.4. The van der Waals surface area contributed by atoms with Gasteiger partial charge in [0, 0.05) is 24.3 Å². The molecule has 3 aromatic rings. The number of rotatable bonds is 12. The molecule has 1 saturated heterocycles. The lowest BCUT2D eigenvalue weighted by atomic mass is 10.00. The molecule has 0 saturated carbocycles. The fourth-order valence-electron chi connectivity index (χ4n) is 4.56. The molecule has 10 nitrogen and oxygen atoms in total. The van der Waals surface area contributed by atoms with E-state index in [0.717, 1.165) is 10.0 Å². The maximum absolute atomic E-state index is 13.8. The van der Waals surface area contributed by atoms with Crippen molar-refractivity contribution in [1.29, 1.82) is 0 Å². The first-order chi connectivity index (χ1) is 19.7. The molecule has 3 aromatic carbocycles. The average Bonchev–Trinajstić information content (AvgIpc) is 2.98. The number of hydrogen-bond donors (Lipinski definition) is 3. The number of carbonyl (C=O) groups excluding carboxylic acids is 1. The number of amides is 1. The highest BCUT2D eigenvalue weighted by Crippen LogP contribution is 2.24. The molecule has 2 atom stereocenters. The highest BCUT2D eigenvalue weighted by Gasteiger charge is 2.34. The summed E-state index contributed by atoms with van der Waals surface area (Å²) < 4.78 is 38.9. The van der Waals surface area contributed by atoms with Crippen molar-refractivity contribution in [3.63, 3.8) is 0 Å². The Labute approximate surface area is 240 Å². The number of phenols is 1. The van der Waals surface area contributed by atoms with Gasteiger partial charge in [0.2, 0.25) is 0 Å². The summed E-state index contributed by atoms with van der Waals surface area (Å²) in [5.41, 5.74) is 1.47. The van der Waals surface area contributed by atoms with Crippen LogP contribution >= 0.6 is 0 Å². The van der Waals surface area contributed by atoms with E-state index in [0.29, 0.717) is 37.4 Å². The number of nitrogens with zero attached hydrogens (tertiary/aromatic N) is 1. The van der Waals surface area contributed by atoms with Crippen LogP contribution in [0.15, 0.2) is 77.7 Å². The predicted octanol–water partition coefficient (Wildman–Crippen LogP) is 3.21. The van der Waals surface area contributed by atoms with Gasteiger partial charge in [-0.15, -0.1) is 0 Å². The molecule has 1 aliphatic heterocycles. The largest absolute Gasteiger partial charge is 0.508 e. The summed E-state index contributed by atoms with van der Waals surface area (Å²) in [4.78, 5) is 19.2. The first kappa shape index (κ1) is 30.5. The van der Waals surface area contributed by atoms with E-state index in [2.05, 4.69) is 5.32 Å². The Bertz CT molecular complexity index is 1390. The number of hydrogen-bond acceptors (Lipinski definition) is 8.